The van der Waals surface area contributed by atoms with E-state index in [1.165, 1.54) is 5.56 Å². The van der Waals surface area contributed by atoms with Crippen LogP contribution < -0.4 is 5.73 Å². The van der Waals surface area contributed by atoms with Crippen molar-refractivity contribution in [2.45, 2.75) is 5.25 Å². The maximum atomic E-state index is 5.76. The van der Waals surface area contributed by atoms with Gasteiger partial charge in [0.05, 0.1) is 0 Å². The highest BCUT2D eigenvalue weighted by atomic mass is 35.5. The van der Waals surface area contributed by atoms with Crippen LogP contribution in [0.2, 0.25) is 5.02 Å². The molecule has 2 N–H and O–H groups in total. The Labute approximate surface area is 82.3 Å². The zero-order chi connectivity index (χ0) is 8.97. The van der Waals surface area contributed by atoms with Crippen molar-refractivity contribution < 1.29 is 0 Å². The van der Waals surface area contributed by atoms with Gasteiger partial charge in [0.25, 0.3) is 0 Å². The fraction of sp³-hybridized carbons (Fsp3) is 0.333. The Hall–Kier alpha value is -0.180. The summed E-state index contributed by atoms with van der Waals surface area (Å²) in [5, 5.41) is 1.16. The quantitative estimate of drug-likeness (QED) is 0.814. The van der Waals surface area contributed by atoms with Gasteiger partial charge in [0.1, 0.15) is 0 Å². The average molecular weight is 202 g/mol. The summed E-state index contributed by atoms with van der Waals surface area (Å²) < 4.78 is 0. The van der Waals surface area contributed by atoms with Crippen molar-refractivity contribution in [3.8, 4) is 0 Å². The predicted molar refractivity (Wildman–Crippen MR) is 56.8 cm³/mol. The van der Waals surface area contributed by atoms with Crippen molar-refractivity contribution in [2.75, 3.05) is 12.8 Å². The smallest absolute Gasteiger partial charge is 0.0416 e. The van der Waals surface area contributed by atoms with E-state index in [0.717, 1.165) is 5.02 Å². The molecule has 0 saturated heterocycles. The first kappa shape index (κ1) is 9.90. The van der Waals surface area contributed by atoms with Gasteiger partial charge in [-0.2, -0.15) is 11.8 Å². The van der Waals surface area contributed by atoms with Crippen molar-refractivity contribution in [3.63, 3.8) is 0 Å². The predicted octanol–water partition coefficient (Wildman–Crippen LogP) is 2.70. The molecule has 12 heavy (non-hydrogen) atoms. The summed E-state index contributed by atoms with van der Waals surface area (Å²) in [6, 6.07) is 7.85. The normalized spacial score (nSPS) is 12.9. The van der Waals surface area contributed by atoms with Crippen LogP contribution in [0.4, 0.5) is 0 Å². The lowest BCUT2D eigenvalue weighted by atomic mass is 10.1. The molecule has 1 aromatic rings. The topological polar surface area (TPSA) is 26.0 Å². The molecule has 0 aliphatic rings. The molecule has 3 heteroatoms. The maximum absolute atomic E-state index is 5.76. The molecule has 0 aromatic heterocycles. The molecular formula is C9H12ClNS. The van der Waals surface area contributed by atoms with Crippen molar-refractivity contribution in [1.82, 2.24) is 0 Å². The number of rotatable bonds is 3. The third-order valence-electron chi connectivity index (χ3n) is 1.74. The van der Waals surface area contributed by atoms with E-state index in [4.69, 9.17) is 17.3 Å². The van der Waals surface area contributed by atoms with Crippen molar-refractivity contribution in [2.24, 2.45) is 5.73 Å². The van der Waals surface area contributed by atoms with Crippen molar-refractivity contribution in [3.05, 3.63) is 34.9 Å². The molecule has 1 unspecified atom stereocenters. The molecule has 0 spiro atoms. The monoisotopic (exact) mass is 201 g/mol. The number of benzene rings is 1. The second-order valence-corrected chi connectivity index (χ2v) is 3.99. The Morgan fingerprint density at radius 1 is 1.42 bits per heavy atom. The van der Waals surface area contributed by atoms with Gasteiger partial charge in [-0.1, -0.05) is 23.7 Å². The summed E-state index contributed by atoms with van der Waals surface area (Å²) in [6.07, 6.45) is 2.06. The molecular weight excluding hydrogens is 190 g/mol. The summed E-state index contributed by atoms with van der Waals surface area (Å²) >= 11 is 7.53. The molecule has 1 rings (SSSR count). The van der Waals surface area contributed by atoms with Crippen LogP contribution in [-0.2, 0) is 0 Å². The van der Waals surface area contributed by atoms with E-state index in [0.29, 0.717) is 11.8 Å². The number of hydrogen-bond acceptors (Lipinski definition) is 2. The molecule has 0 radical (unpaired) electrons. The Balaban J connectivity index is 2.80. The minimum Gasteiger partial charge on any atom is -0.329 e. The zero-order valence-corrected chi connectivity index (χ0v) is 8.53. The summed E-state index contributed by atoms with van der Waals surface area (Å²) in [5.74, 6) is 0. The lowest BCUT2D eigenvalue weighted by Crippen LogP contribution is -2.08. The molecule has 1 aromatic carbocycles. The lowest BCUT2D eigenvalue weighted by molar-refractivity contribution is 0.945. The maximum Gasteiger partial charge on any atom is 0.0416 e. The molecule has 0 saturated carbocycles. The number of halogens is 1. The van der Waals surface area contributed by atoms with Gasteiger partial charge >= 0.3 is 0 Å². The summed E-state index contributed by atoms with van der Waals surface area (Å²) in [5.41, 5.74) is 6.84. The largest absolute Gasteiger partial charge is 0.329 e. The van der Waals surface area contributed by atoms with E-state index in [1.807, 2.05) is 24.3 Å². The van der Waals surface area contributed by atoms with E-state index >= 15 is 0 Å². The fourth-order valence-corrected chi connectivity index (χ4v) is 1.79. The zero-order valence-electron chi connectivity index (χ0n) is 6.96. The third kappa shape index (κ3) is 2.41. The lowest BCUT2D eigenvalue weighted by Gasteiger charge is -2.11. The van der Waals surface area contributed by atoms with Gasteiger partial charge < -0.3 is 5.73 Å². The second-order valence-electron chi connectivity index (χ2n) is 2.51. The number of nitrogens with two attached hydrogens (primary N) is 1. The molecule has 0 fully saturated rings. The number of thioether (sulfide) groups is 1. The Morgan fingerprint density at radius 2 is 2.00 bits per heavy atom. The Morgan fingerprint density at radius 3 is 2.42 bits per heavy atom. The van der Waals surface area contributed by atoms with Crippen LogP contribution in [0.15, 0.2) is 24.3 Å². The van der Waals surface area contributed by atoms with Crippen molar-refractivity contribution >= 4 is 23.4 Å². The van der Waals surface area contributed by atoms with Gasteiger partial charge in [0, 0.05) is 16.8 Å². The minimum absolute atomic E-state index is 0.391. The van der Waals surface area contributed by atoms with Gasteiger partial charge in [-0.3, -0.25) is 0 Å². The fourth-order valence-electron chi connectivity index (χ4n) is 1.05. The van der Waals surface area contributed by atoms with Crippen LogP contribution in [0.1, 0.15) is 10.8 Å². The van der Waals surface area contributed by atoms with Gasteiger partial charge in [-0.25, -0.2) is 0 Å². The molecule has 0 heterocycles. The van der Waals surface area contributed by atoms with Crippen molar-refractivity contribution in [1.29, 1.82) is 0 Å². The summed E-state index contributed by atoms with van der Waals surface area (Å²) in [4.78, 5) is 0. The molecule has 66 valence electrons. The van der Waals surface area contributed by atoms with Gasteiger partial charge in [0.15, 0.2) is 0 Å². The highest BCUT2D eigenvalue weighted by Crippen LogP contribution is 2.25. The second kappa shape index (κ2) is 4.75. The van der Waals surface area contributed by atoms with Gasteiger partial charge in [-0.05, 0) is 24.0 Å². The van der Waals surface area contributed by atoms with E-state index in [-0.39, 0.29) is 0 Å². The van der Waals surface area contributed by atoms with Crippen LogP contribution in [0.25, 0.3) is 0 Å². The highest BCUT2D eigenvalue weighted by molar-refractivity contribution is 7.98. The van der Waals surface area contributed by atoms with E-state index in [2.05, 4.69) is 6.26 Å². The molecule has 0 aliphatic heterocycles. The first-order valence-corrected chi connectivity index (χ1v) is 5.43. The van der Waals surface area contributed by atoms with Crippen LogP contribution in [-0.4, -0.2) is 12.8 Å². The molecule has 0 amide bonds. The van der Waals surface area contributed by atoms with E-state index < -0.39 is 0 Å². The van der Waals surface area contributed by atoms with E-state index in [9.17, 15) is 0 Å². The highest BCUT2D eigenvalue weighted by Gasteiger charge is 2.06. The van der Waals surface area contributed by atoms with Gasteiger partial charge in [-0.15, -0.1) is 0 Å². The molecule has 0 bridgehead atoms. The van der Waals surface area contributed by atoms with Crippen LogP contribution in [0.5, 0.6) is 0 Å². The summed E-state index contributed by atoms with van der Waals surface area (Å²) in [7, 11) is 0. The van der Waals surface area contributed by atoms with Gasteiger partial charge in [0.2, 0.25) is 0 Å². The Bertz CT molecular complexity index is 231. The average Bonchev–Trinajstić information content (AvgIpc) is 2.10. The standard InChI is InChI=1S/C9H12ClNS/c1-12-9(6-11)7-2-4-8(10)5-3-7/h2-5,9H,6,11H2,1H3. The summed E-state index contributed by atoms with van der Waals surface area (Å²) in [6.45, 7) is 0.669. The van der Waals surface area contributed by atoms with Crippen LogP contribution in [0, 0.1) is 0 Å². The minimum atomic E-state index is 0.391. The molecule has 0 aliphatic carbocycles. The molecule has 1 atom stereocenters. The third-order valence-corrected chi connectivity index (χ3v) is 3.03. The first-order chi connectivity index (χ1) is 5.77. The van der Waals surface area contributed by atoms with E-state index in [1.54, 1.807) is 11.8 Å². The van der Waals surface area contributed by atoms with Crippen LogP contribution >= 0.6 is 23.4 Å². The Kier molecular flexibility index (Phi) is 3.92. The van der Waals surface area contributed by atoms with Crippen LogP contribution in [0.3, 0.4) is 0 Å². The first-order valence-electron chi connectivity index (χ1n) is 3.76. The number of hydrogen-bond donors (Lipinski definition) is 1. The molecule has 1 nitrogen and oxygen atoms in total. The SMILES string of the molecule is CSC(CN)c1ccc(Cl)cc1.